The molecule has 0 fully saturated rings. The Labute approximate surface area is 162 Å². The fourth-order valence-electron chi connectivity index (χ4n) is 2.56. The van der Waals surface area contributed by atoms with Crippen molar-refractivity contribution in [3.05, 3.63) is 70.1 Å². The predicted molar refractivity (Wildman–Crippen MR) is 107 cm³/mol. The van der Waals surface area contributed by atoms with Gasteiger partial charge in [0.25, 0.3) is 0 Å². The molecule has 2 N–H and O–H groups in total. The number of thiazole rings is 1. The first-order valence-electron chi connectivity index (χ1n) is 8.84. The molecular weight excluding hydrogens is 360 g/mol. The van der Waals surface area contributed by atoms with Crippen LogP contribution in [0.4, 0.5) is 5.82 Å². The number of hydrogen-bond acceptors (Lipinski definition) is 6. The summed E-state index contributed by atoms with van der Waals surface area (Å²) in [7, 11) is 1.62. The van der Waals surface area contributed by atoms with Gasteiger partial charge in [0.1, 0.15) is 5.75 Å². The SMILES string of the molecule is COc1ccc(N=c2scc(COCc3ccccc3)n2CCCN)nc1. The Hall–Kier alpha value is -2.48. The fraction of sp³-hybridized carbons (Fsp3) is 0.300. The molecule has 0 saturated carbocycles. The predicted octanol–water partition coefficient (Wildman–Crippen LogP) is 3.25. The third-order valence-electron chi connectivity index (χ3n) is 3.99. The Bertz CT molecular complexity index is 888. The summed E-state index contributed by atoms with van der Waals surface area (Å²) in [6.45, 7) is 2.55. The monoisotopic (exact) mass is 384 g/mol. The zero-order valence-electron chi connectivity index (χ0n) is 15.4. The van der Waals surface area contributed by atoms with Crippen LogP contribution in [0, 0.1) is 0 Å². The lowest BCUT2D eigenvalue weighted by Gasteiger charge is -2.09. The van der Waals surface area contributed by atoms with Crippen molar-refractivity contribution < 1.29 is 9.47 Å². The molecule has 2 heterocycles. The van der Waals surface area contributed by atoms with Crippen molar-refractivity contribution in [2.45, 2.75) is 26.2 Å². The van der Waals surface area contributed by atoms with Gasteiger partial charge in [0.2, 0.25) is 0 Å². The molecule has 0 atom stereocenters. The first-order valence-corrected chi connectivity index (χ1v) is 9.72. The average Bonchev–Trinajstić information content (AvgIpc) is 3.09. The minimum atomic E-state index is 0.529. The molecule has 3 aromatic rings. The van der Waals surface area contributed by atoms with Crippen LogP contribution in [0.25, 0.3) is 0 Å². The van der Waals surface area contributed by atoms with Crippen LogP contribution in [-0.2, 0) is 24.5 Å². The number of hydrogen-bond donors (Lipinski definition) is 1. The van der Waals surface area contributed by atoms with Gasteiger partial charge in [-0.05, 0) is 30.7 Å². The van der Waals surface area contributed by atoms with E-state index in [2.05, 4.69) is 32.1 Å². The van der Waals surface area contributed by atoms with Gasteiger partial charge in [0.15, 0.2) is 10.6 Å². The van der Waals surface area contributed by atoms with Crippen LogP contribution in [0.5, 0.6) is 5.75 Å². The summed E-state index contributed by atoms with van der Waals surface area (Å²) in [5.74, 6) is 1.36. The third kappa shape index (κ3) is 5.50. The van der Waals surface area contributed by atoms with Crippen LogP contribution in [0.3, 0.4) is 0 Å². The van der Waals surface area contributed by atoms with Crippen LogP contribution >= 0.6 is 11.3 Å². The summed E-state index contributed by atoms with van der Waals surface area (Å²) in [5, 5.41) is 2.09. The molecule has 0 aliphatic heterocycles. The number of nitrogens with two attached hydrogens (primary N) is 1. The number of ether oxygens (including phenoxy) is 2. The van der Waals surface area contributed by atoms with E-state index in [1.54, 1.807) is 24.6 Å². The summed E-state index contributed by atoms with van der Waals surface area (Å²) in [4.78, 5) is 9.89. The van der Waals surface area contributed by atoms with Crippen LogP contribution in [0.2, 0.25) is 0 Å². The van der Waals surface area contributed by atoms with Gasteiger partial charge in [0.05, 0.1) is 32.2 Å². The molecule has 27 heavy (non-hydrogen) atoms. The van der Waals surface area contributed by atoms with E-state index in [0.717, 1.165) is 29.0 Å². The molecule has 1 aromatic carbocycles. The highest BCUT2D eigenvalue weighted by molar-refractivity contribution is 7.07. The summed E-state index contributed by atoms with van der Waals surface area (Å²) in [5.41, 5.74) is 7.96. The topological polar surface area (TPSA) is 74.7 Å². The number of methoxy groups -OCH3 is 1. The molecule has 0 radical (unpaired) electrons. The summed E-state index contributed by atoms with van der Waals surface area (Å²) in [6.07, 6.45) is 2.55. The Morgan fingerprint density at radius 3 is 2.70 bits per heavy atom. The van der Waals surface area contributed by atoms with Gasteiger partial charge in [-0.1, -0.05) is 30.3 Å². The lowest BCUT2D eigenvalue weighted by Crippen LogP contribution is -2.20. The smallest absolute Gasteiger partial charge is 0.191 e. The number of aromatic nitrogens is 2. The molecule has 0 aliphatic carbocycles. The highest BCUT2D eigenvalue weighted by atomic mass is 32.1. The van der Waals surface area contributed by atoms with Crippen LogP contribution in [-0.4, -0.2) is 23.2 Å². The fourth-order valence-corrected chi connectivity index (χ4v) is 3.48. The molecule has 0 unspecified atom stereocenters. The second kappa shape index (κ2) is 10.0. The molecule has 2 aromatic heterocycles. The largest absolute Gasteiger partial charge is 0.495 e. The van der Waals surface area contributed by atoms with Crippen LogP contribution in [0.1, 0.15) is 17.7 Å². The molecule has 142 valence electrons. The first-order chi connectivity index (χ1) is 13.3. The second-order valence-electron chi connectivity index (χ2n) is 5.95. The van der Waals surface area contributed by atoms with Crippen molar-refractivity contribution in [3.63, 3.8) is 0 Å². The molecule has 7 heteroatoms. The standard InChI is InChI=1S/C20H24N4O2S/c1-25-18-8-9-19(22-12-18)23-20-24(11-5-10-21)17(15-27-20)14-26-13-16-6-3-2-4-7-16/h2-4,6-9,12,15H,5,10-11,13-14,21H2,1H3. The molecule has 0 amide bonds. The normalized spacial score (nSPS) is 11.7. The summed E-state index contributed by atoms with van der Waals surface area (Å²) >= 11 is 1.58. The first kappa shape index (κ1) is 19.3. The highest BCUT2D eigenvalue weighted by Crippen LogP contribution is 2.14. The van der Waals surface area contributed by atoms with Crippen LogP contribution < -0.4 is 15.3 Å². The van der Waals surface area contributed by atoms with E-state index < -0.39 is 0 Å². The van der Waals surface area contributed by atoms with E-state index in [4.69, 9.17) is 15.2 Å². The maximum absolute atomic E-state index is 5.90. The van der Waals surface area contributed by atoms with Crippen molar-refractivity contribution in [2.75, 3.05) is 13.7 Å². The Morgan fingerprint density at radius 2 is 2.00 bits per heavy atom. The van der Waals surface area contributed by atoms with Gasteiger partial charge >= 0.3 is 0 Å². The molecule has 0 saturated heterocycles. The van der Waals surface area contributed by atoms with Crippen molar-refractivity contribution >= 4 is 17.2 Å². The zero-order valence-corrected chi connectivity index (χ0v) is 16.2. The Kier molecular flexibility index (Phi) is 7.15. The van der Waals surface area contributed by atoms with Crippen molar-refractivity contribution in [1.82, 2.24) is 9.55 Å². The Morgan fingerprint density at radius 1 is 1.15 bits per heavy atom. The lowest BCUT2D eigenvalue weighted by molar-refractivity contribution is 0.102. The molecule has 0 spiro atoms. The maximum Gasteiger partial charge on any atom is 0.191 e. The molecule has 6 nitrogen and oxygen atoms in total. The van der Waals surface area contributed by atoms with Gasteiger partial charge in [0, 0.05) is 11.9 Å². The highest BCUT2D eigenvalue weighted by Gasteiger charge is 2.07. The average molecular weight is 385 g/mol. The number of rotatable bonds is 9. The van der Waals surface area contributed by atoms with Gasteiger partial charge < -0.3 is 19.8 Å². The minimum Gasteiger partial charge on any atom is -0.495 e. The third-order valence-corrected chi connectivity index (χ3v) is 4.90. The summed E-state index contributed by atoms with van der Waals surface area (Å²) in [6, 6.07) is 13.9. The van der Waals surface area contributed by atoms with E-state index in [-0.39, 0.29) is 0 Å². The van der Waals surface area contributed by atoms with E-state index in [0.29, 0.717) is 31.3 Å². The van der Waals surface area contributed by atoms with Crippen molar-refractivity contribution in [1.29, 1.82) is 0 Å². The van der Waals surface area contributed by atoms with Crippen molar-refractivity contribution in [3.8, 4) is 5.75 Å². The van der Waals surface area contributed by atoms with E-state index in [1.165, 1.54) is 0 Å². The number of benzene rings is 1. The zero-order chi connectivity index (χ0) is 18.9. The quantitative estimate of drug-likeness (QED) is 0.614. The lowest BCUT2D eigenvalue weighted by atomic mass is 10.2. The minimum absolute atomic E-state index is 0.529. The molecular formula is C20H24N4O2S. The van der Waals surface area contributed by atoms with E-state index in [1.807, 2.05) is 30.3 Å². The Balaban J connectivity index is 1.76. The second-order valence-corrected chi connectivity index (χ2v) is 6.79. The van der Waals surface area contributed by atoms with Gasteiger partial charge in [-0.3, -0.25) is 0 Å². The van der Waals surface area contributed by atoms with E-state index >= 15 is 0 Å². The van der Waals surface area contributed by atoms with Crippen LogP contribution in [0.15, 0.2) is 59.0 Å². The molecule has 0 bridgehead atoms. The molecule has 0 aliphatic rings. The van der Waals surface area contributed by atoms with Gasteiger partial charge in [-0.15, -0.1) is 11.3 Å². The number of nitrogens with zero attached hydrogens (tertiary/aromatic N) is 3. The van der Waals surface area contributed by atoms with Crippen molar-refractivity contribution in [2.24, 2.45) is 10.7 Å². The number of pyridine rings is 1. The van der Waals surface area contributed by atoms with Gasteiger partial charge in [-0.25, -0.2) is 9.98 Å². The van der Waals surface area contributed by atoms with Gasteiger partial charge in [-0.2, -0.15) is 0 Å². The van der Waals surface area contributed by atoms with E-state index in [9.17, 15) is 0 Å². The summed E-state index contributed by atoms with van der Waals surface area (Å²) < 4.78 is 13.2. The molecule has 3 rings (SSSR count). The maximum atomic E-state index is 5.90.